The normalized spacial score (nSPS) is 15.9. The van der Waals surface area contributed by atoms with E-state index in [0.29, 0.717) is 12.3 Å². The minimum atomic E-state index is 0.484. The van der Waals surface area contributed by atoms with Crippen LogP contribution in [0.1, 0.15) is 0 Å². The fraction of sp³-hybridized carbons (Fsp3) is 0.308. The van der Waals surface area contributed by atoms with Crippen molar-refractivity contribution in [3.05, 3.63) is 24.3 Å². The molecule has 18 heavy (non-hydrogen) atoms. The third kappa shape index (κ3) is 2.04. The van der Waals surface area contributed by atoms with Gasteiger partial charge in [-0.25, -0.2) is 0 Å². The molecule has 1 aromatic carbocycles. The highest BCUT2D eigenvalue weighted by Gasteiger charge is 2.12. The van der Waals surface area contributed by atoms with E-state index in [1.807, 2.05) is 12.1 Å². The molecule has 1 aliphatic rings. The number of fused-ring (bicyclic) bond motifs is 1. The lowest BCUT2D eigenvalue weighted by molar-refractivity contribution is -0.105. The molecule has 1 fully saturated rings. The molecule has 0 radical (unpaired) electrons. The van der Waals surface area contributed by atoms with Gasteiger partial charge in [0.15, 0.2) is 0 Å². The molecular formula is C13H15N3O2. The lowest BCUT2D eigenvalue weighted by atomic mass is 10.2. The summed E-state index contributed by atoms with van der Waals surface area (Å²) in [6.07, 6.45) is 0.620. The maximum Gasteiger partial charge on any atom is 0.213 e. The Morgan fingerprint density at radius 3 is 2.89 bits per heavy atom. The zero-order valence-electron chi connectivity index (χ0n) is 9.98. The van der Waals surface area contributed by atoms with Crippen molar-refractivity contribution in [3.8, 4) is 0 Å². The maximum absolute atomic E-state index is 10.4. The van der Waals surface area contributed by atoms with Gasteiger partial charge in [0, 0.05) is 43.3 Å². The molecule has 0 saturated carbocycles. The molecule has 2 N–H and O–H groups in total. The van der Waals surface area contributed by atoms with E-state index >= 15 is 0 Å². The Hall–Kier alpha value is -2.01. The number of piperazine rings is 1. The first kappa shape index (κ1) is 11.1. The van der Waals surface area contributed by atoms with Gasteiger partial charge in [0.05, 0.1) is 0 Å². The predicted molar refractivity (Wildman–Crippen MR) is 71.0 cm³/mol. The fourth-order valence-electron chi connectivity index (χ4n) is 2.28. The predicted octanol–water partition coefficient (Wildman–Crippen LogP) is 1.41. The van der Waals surface area contributed by atoms with Crippen LogP contribution in [0.3, 0.4) is 0 Å². The molecule has 5 nitrogen and oxygen atoms in total. The van der Waals surface area contributed by atoms with Crippen LogP contribution in [0.2, 0.25) is 0 Å². The van der Waals surface area contributed by atoms with Crippen LogP contribution >= 0.6 is 0 Å². The first-order valence-corrected chi connectivity index (χ1v) is 6.06. The van der Waals surface area contributed by atoms with Crippen molar-refractivity contribution in [2.75, 3.05) is 36.4 Å². The molecule has 1 saturated heterocycles. The molecule has 0 bridgehead atoms. The van der Waals surface area contributed by atoms with E-state index in [4.69, 9.17) is 4.42 Å². The molecule has 1 amide bonds. The van der Waals surface area contributed by atoms with E-state index in [1.165, 1.54) is 5.69 Å². The van der Waals surface area contributed by atoms with Crippen LogP contribution in [-0.4, -0.2) is 32.6 Å². The summed E-state index contributed by atoms with van der Waals surface area (Å²) in [6.45, 7) is 4.06. The minimum absolute atomic E-state index is 0.484. The summed E-state index contributed by atoms with van der Waals surface area (Å²) < 4.78 is 5.48. The Kier molecular flexibility index (Phi) is 2.90. The van der Waals surface area contributed by atoms with E-state index in [1.54, 1.807) is 0 Å². The summed E-state index contributed by atoms with van der Waals surface area (Å²) in [5.74, 6) is 0.484. The molecule has 0 spiro atoms. The highest BCUT2D eigenvalue weighted by Crippen LogP contribution is 2.27. The molecular weight excluding hydrogens is 230 g/mol. The summed E-state index contributed by atoms with van der Waals surface area (Å²) in [5.41, 5.74) is 1.99. The first-order chi connectivity index (χ1) is 8.86. The van der Waals surface area contributed by atoms with Crippen molar-refractivity contribution < 1.29 is 9.21 Å². The fourth-order valence-corrected chi connectivity index (χ4v) is 2.28. The quantitative estimate of drug-likeness (QED) is 0.803. The number of nitrogens with one attached hydrogen (secondary N) is 2. The summed E-state index contributed by atoms with van der Waals surface area (Å²) >= 11 is 0. The van der Waals surface area contributed by atoms with Crippen LogP contribution in [0.5, 0.6) is 0 Å². The average molecular weight is 245 g/mol. The van der Waals surface area contributed by atoms with Crippen LogP contribution in [-0.2, 0) is 4.79 Å². The summed E-state index contributed by atoms with van der Waals surface area (Å²) in [7, 11) is 0. The molecule has 3 rings (SSSR count). The number of furan rings is 1. The number of rotatable bonds is 3. The molecule has 1 aliphatic heterocycles. The lowest BCUT2D eigenvalue weighted by Gasteiger charge is -2.29. The molecule has 94 valence electrons. The van der Waals surface area contributed by atoms with E-state index in [0.717, 1.165) is 37.1 Å². The Balaban J connectivity index is 1.91. The Morgan fingerprint density at radius 2 is 2.11 bits per heavy atom. The average Bonchev–Trinajstić information content (AvgIpc) is 2.81. The number of hydrogen-bond donors (Lipinski definition) is 2. The second kappa shape index (κ2) is 4.70. The van der Waals surface area contributed by atoms with E-state index < -0.39 is 0 Å². The summed E-state index contributed by atoms with van der Waals surface area (Å²) in [5, 5.41) is 6.87. The first-order valence-electron chi connectivity index (χ1n) is 6.06. The molecule has 2 heterocycles. The second-order valence-electron chi connectivity index (χ2n) is 4.33. The van der Waals surface area contributed by atoms with Gasteiger partial charge in [0.25, 0.3) is 0 Å². The zero-order valence-corrected chi connectivity index (χ0v) is 9.98. The van der Waals surface area contributed by atoms with E-state index in [9.17, 15) is 4.79 Å². The number of carbonyl (C=O) groups is 1. The number of benzene rings is 1. The van der Waals surface area contributed by atoms with Crippen LogP contribution in [0.25, 0.3) is 11.0 Å². The molecule has 0 atom stereocenters. The van der Waals surface area contributed by atoms with Crippen LogP contribution < -0.4 is 15.5 Å². The summed E-state index contributed by atoms with van der Waals surface area (Å²) in [4.78, 5) is 12.7. The Morgan fingerprint density at radius 1 is 1.28 bits per heavy atom. The van der Waals surface area contributed by atoms with E-state index in [2.05, 4.69) is 27.7 Å². The lowest BCUT2D eigenvalue weighted by Crippen LogP contribution is -2.43. The highest BCUT2D eigenvalue weighted by molar-refractivity contribution is 5.86. The smallest absolute Gasteiger partial charge is 0.213 e. The van der Waals surface area contributed by atoms with Gasteiger partial charge in [-0.3, -0.25) is 10.1 Å². The van der Waals surface area contributed by atoms with Crippen molar-refractivity contribution in [2.45, 2.75) is 0 Å². The van der Waals surface area contributed by atoms with Gasteiger partial charge in [-0.15, -0.1) is 0 Å². The molecule has 1 aromatic heterocycles. The van der Waals surface area contributed by atoms with Gasteiger partial charge in [-0.05, 0) is 18.2 Å². The third-order valence-electron chi connectivity index (χ3n) is 3.18. The number of amides is 1. The standard InChI is InChI=1S/C13H15N3O2/c17-9-15-13-8-10-7-11(1-2-12(10)18-13)16-5-3-14-4-6-16/h1-2,7-9,14H,3-6H2,(H,15,17). The van der Waals surface area contributed by atoms with Gasteiger partial charge in [-0.1, -0.05) is 0 Å². The maximum atomic E-state index is 10.4. The SMILES string of the molecule is O=CNc1cc2cc(N3CCNCC3)ccc2o1. The van der Waals surface area contributed by atoms with Crippen molar-refractivity contribution in [1.82, 2.24) is 5.32 Å². The highest BCUT2D eigenvalue weighted by atomic mass is 16.4. The molecule has 0 unspecified atom stereocenters. The van der Waals surface area contributed by atoms with Crippen molar-refractivity contribution in [2.24, 2.45) is 0 Å². The molecule has 0 aliphatic carbocycles. The second-order valence-corrected chi connectivity index (χ2v) is 4.33. The van der Waals surface area contributed by atoms with Gasteiger partial charge in [0.1, 0.15) is 5.58 Å². The Bertz CT molecular complexity index is 558. The van der Waals surface area contributed by atoms with Crippen molar-refractivity contribution in [1.29, 1.82) is 0 Å². The monoisotopic (exact) mass is 245 g/mol. The number of hydrogen-bond acceptors (Lipinski definition) is 4. The van der Waals surface area contributed by atoms with Crippen LogP contribution in [0.15, 0.2) is 28.7 Å². The molecule has 2 aromatic rings. The Labute approximate surface area is 105 Å². The van der Waals surface area contributed by atoms with Gasteiger partial charge in [-0.2, -0.15) is 0 Å². The number of anilines is 2. The van der Waals surface area contributed by atoms with E-state index in [-0.39, 0.29) is 0 Å². The van der Waals surface area contributed by atoms with Crippen LogP contribution in [0.4, 0.5) is 11.6 Å². The number of carbonyl (C=O) groups excluding carboxylic acids is 1. The van der Waals surface area contributed by atoms with Gasteiger partial charge < -0.3 is 14.6 Å². The minimum Gasteiger partial charge on any atom is -0.440 e. The van der Waals surface area contributed by atoms with Crippen molar-refractivity contribution in [3.63, 3.8) is 0 Å². The molecule has 5 heteroatoms. The van der Waals surface area contributed by atoms with Gasteiger partial charge >= 0.3 is 0 Å². The third-order valence-corrected chi connectivity index (χ3v) is 3.18. The number of nitrogens with zero attached hydrogens (tertiary/aromatic N) is 1. The van der Waals surface area contributed by atoms with Crippen molar-refractivity contribution >= 4 is 29.0 Å². The summed E-state index contributed by atoms with van der Waals surface area (Å²) in [6, 6.07) is 7.94. The topological polar surface area (TPSA) is 57.5 Å². The largest absolute Gasteiger partial charge is 0.440 e. The van der Waals surface area contributed by atoms with Gasteiger partial charge in [0.2, 0.25) is 12.3 Å². The zero-order chi connectivity index (χ0) is 12.4. The van der Waals surface area contributed by atoms with Crippen LogP contribution in [0, 0.1) is 0 Å².